The summed E-state index contributed by atoms with van der Waals surface area (Å²) in [4.78, 5) is 29.0. The van der Waals surface area contributed by atoms with E-state index in [-0.39, 0.29) is 11.8 Å². The van der Waals surface area contributed by atoms with Crippen LogP contribution in [0.5, 0.6) is 0 Å². The Morgan fingerprint density at radius 3 is 2.83 bits per heavy atom. The lowest BCUT2D eigenvalue weighted by Gasteiger charge is -2.23. The van der Waals surface area contributed by atoms with Gasteiger partial charge in [0.2, 0.25) is 11.8 Å². The first-order valence-corrected chi connectivity index (χ1v) is 6.45. The lowest BCUT2D eigenvalue weighted by molar-refractivity contribution is -0.133. The van der Waals surface area contributed by atoms with E-state index in [1.807, 2.05) is 4.90 Å². The van der Waals surface area contributed by atoms with Crippen LogP contribution in [-0.2, 0) is 9.59 Å². The molecule has 0 bridgehead atoms. The minimum Gasteiger partial charge on any atom is -0.345 e. The first kappa shape index (κ1) is 14.9. The fourth-order valence-corrected chi connectivity index (χ4v) is 1.95. The molecule has 0 aromatic heterocycles. The van der Waals surface area contributed by atoms with Crippen LogP contribution in [0.2, 0.25) is 0 Å². The van der Waals surface area contributed by atoms with Gasteiger partial charge in [0.05, 0.1) is 13.1 Å². The molecule has 2 N–H and O–H groups in total. The molecule has 2 amide bonds. The number of hydrogen-bond donors (Lipinski definition) is 1. The van der Waals surface area contributed by atoms with Crippen molar-refractivity contribution in [1.29, 1.82) is 0 Å². The van der Waals surface area contributed by atoms with Gasteiger partial charge in [0.25, 0.3) is 0 Å². The number of nitrogens with zero attached hydrogens (tertiary/aromatic N) is 3. The predicted molar refractivity (Wildman–Crippen MR) is 70.0 cm³/mol. The van der Waals surface area contributed by atoms with Crippen LogP contribution in [0.4, 0.5) is 0 Å². The van der Waals surface area contributed by atoms with Gasteiger partial charge in [-0.25, -0.2) is 0 Å². The van der Waals surface area contributed by atoms with Gasteiger partial charge in [-0.1, -0.05) is 0 Å². The number of nitrogens with two attached hydrogens (primary N) is 1. The molecule has 0 saturated carbocycles. The van der Waals surface area contributed by atoms with Gasteiger partial charge >= 0.3 is 0 Å². The minimum absolute atomic E-state index is 0.0563. The van der Waals surface area contributed by atoms with Gasteiger partial charge in [-0.3, -0.25) is 14.5 Å². The highest BCUT2D eigenvalue weighted by atomic mass is 16.2. The molecule has 1 aliphatic rings. The molecule has 0 atom stereocenters. The summed E-state index contributed by atoms with van der Waals surface area (Å²) >= 11 is 0. The van der Waals surface area contributed by atoms with E-state index >= 15 is 0 Å². The third kappa shape index (κ3) is 4.62. The molecule has 0 aromatic carbocycles. The highest BCUT2D eigenvalue weighted by Gasteiger charge is 2.21. The van der Waals surface area contributed by atoms with Crippen molar-refractivity contribution in [3.05, 3.63) is 0 Å². The quantitative estimate of drug-likeness (QED) is 0.682. The molecule has 6 heteroatoms. The van der Waals surface area contributed by atoms with Gasteiger partial charge in [-0.05, 0) is 19.4 Å². The van der Waals surface area contributed by atoms with Crippen molar-refractivity contribution in [1.82, 2.24) is 14.7 Å². The molecule has 1 saturated heterocycles. The lowest BCUT2D eigenvalue weighted by atomic mass is 10.3. The SMILES string of the molecule is CN(CCCN)C(=O)CN1CCCN(C)C(=O)C1. The van der Waals surface area contributed by atoms with Gasteiger partial charge in [-0.15, -0.1) is 0 Å². The Bertz CT molecular complexity index is 296. The van der Waals surface area contributed by atoms with E-state index in [0.29, 0.717) is 26.2 Å². The van der Waals surface area contributed by atoms with Crippen LogP contribution in [0.1, 0.15) is 12.8 Å². The normalized spacial score (nSPS) is 17.7. The van der Waals surface area contributed by atoms with Crippen LogP contribution >= 0.6 is 0 Å². The van der Waals surface area contributed by atoms with Gasteiger partial charge in [-0.2, -0.15) is 0 Å². The second-order valence-corrected chi connectivity index (χ2v) is 4.84. The van der Waals surface area contributed by atoms with Crippen molar-refractivity contribution >= 4 is 11.8 Å². The topological polar surface area (TPSA) is 69.9 Å². The van der Waals surface area contributed by atoms with E-state index in [0.717, 1.165) is 25.9 Å². The number of amides is 2. The predicted octanol–water partition coefficient (Wildman–Crippen LogP) is -1.04. The zero-order valence-corrected chi connectivity index (χ0v) is 11.4. The highest BCUT2D eigenvalue weighted by molar-refractivity contribution is 5.81. The van der Waals surface area contributed by atoms with E-state index in [1.54, 1.807) is 23.9 Å². The van der Waals surface area contributed by atoms with Crippen molar-refractivity contribution in [2.24, 2.45) is 5.73 Å². The van der Waals surface area contributed by atoms with Crippen molar-refractivity contribution in [2.45, 2.75) is 12.8 Å². The standard InChI is InChI=1S/C12H24N4O2/c1-14(6-3-5-13)11(17)9-16-8-4-7-15(2)12(18)10-16/h3-10,13H2,1-2H3. The van der Waals surface area contributed by atoms with Crippen molar-refractivity contribution in [3.63, 3.8) is 0 Å². The summed E-state index contributed by atoms with van der Waals surface area (Å²) in [6.07, 6.45) is 1.73. The largest absolute Gasteiger partial charge is 0.345 e. The lowest BCUT2D eigenvalue weighted by Crippen LogP contribution is -2.42. The molecule has 104 valence electrons. The van der Waals surface area contributed by atoms with Crippen LogP contribution in [0.15, 0.2) is 0 Å². The summed E-state index contributed by atoms with van der Waals surface area (Å²) in [6.45, 7) is 3.49. The number of hydrogen-bond acceptors (Lipinski definition) is 4. The third-order valence-electron chi connectivity index (χ3n) is 3.23. The number of carbonyl (C=O) groups is 2. The number of likely N-dealkylation sites (N-methyl/N-ethyl adjacent to an activating group) is 2. The zero-order valence-electron chi connectivity index (χ0n) is 11.4. The molecular weight excluding hydrogens is 232 g/mol. The third-order valence-corrected chi connectivity index (χ3v) is 3.23. The zero-order chi connectivity index (χ0) is 13.5. The van der Waals surface area contributed by atoms with Crippen molar-refractivity contribution in [3.8, 4) is 0 Å². The van der Waals surface area contributed by atoms with Crippen LogP contribution in [-0.4, -0.2) is 79.9 Å². The van der Waals surface area contributed by atoms with Crippen LogP contribution in [0.25, 0.3) is 0 Å². The summed E-state index contributed by atoms with van der Waals surface area (Å²) in [5.74, 6) is 0.144. The smallest absolute Gasteiger partial charge is 0.236 e. The van der Waals surface area contributed by atoms with Crippen molar-refractivity contribution < 1.29 is 9.59 Å². The monoisotopic (exact) mass is 256 g/mol. The number of carbonyl (C=O) groups excluding carboxylic acids is 2. The average molecular weight is 256 g/mol. The molecule has 0 aromatic rings. The van der Waals surface area contributed by atoms with Gasteiger partial charge in [0, 0.05) is 33.7 Å². The van der Waals surface area contributed by atoms with E-state index in [1.165, 1.54) is 0 Å². The first-order valence-electron chi connectivity index (χ1n) is 6.45. The maximum Gasteiger partial charge on any atom is 0.236 e. The fraction of sp³-hybridized carbons (Fsp3) is 0.833. The van der Waals surface area contributed by atoms with Crippen LogP contribution in [0.3, 0.4) is 0 Å². The summed E-state index contributed by atoms with van der Waals surface area (Å²) in [5.41, 5.74) is 5.42. The van der Waals surface area contributed by atoms with Crippen molar-refractivity contribution in [2.75, 3.05) is 53.4 Å². The second kappa shape index (κ2) is 7.33. The maximum absolute atomic E-state index is 11.9. The molecular formula is C12H24N4O2. The minimum atomic E-state index is 0.0563. The molecule has 1 heterocycles. The van der Waals surface area contributed by atoms with Gasteiger partial charge in [0.15, 0.2) is 0 Å². The molecule has 1 aliphatic heterocycles. The van der Waals surface area contributed by atoms with E-state index in [4.69, 9.17) is 5.73 Å². The van der Waals surface area contributed by atoms with Crippen LogP contribution in [0, 0.1) is 0 Å². The Kier molecular flexibility index (Phi) is 6.07. The van der Waals surface area contributed by atoms with E-state index in [2.05, 4.69) is 0 Å². The molecule has 1 rings (SSSR count). The molecule has 18 heavy (non-hydrogen) atoms. The Hall–Kier alpha value is -1.14. The van der Waals surface area contributed by atoms with Gasteiger partial charge < -0.3 is 15.5 Å². The van der Waals surface area contributed by atoms with Crippen LogP contribution < -0.4 is 5.73 Å². The molecule has 0 unspecified atom stereocenters. The molecule has 0 spiro atoms. The summed E-state index contributed by atoms with van der Waals surface area (Å²) in [6, 6.07) is 0. The Morgan fingerprint density at radius 1 is 1.44 bits per heavy atom. The second-order valence-electron chi connectivity index (χ2n) is 4.84. The summed E-state index contributed by atoms with van der Waals surface area (Å²) < 4.78 is 0. The Balaban J connectivity index is 2.41. The summed E-state index contributed by atoms with van der Waals surface area (Å²) in [5, 5.41) is 0. The van der Waals surface area contributed by atoms with E-state index < -0.39 is 0 Å². The molecule has 1 fully saturated rings. The Labute approximate surface area is 109 Å². The maximum atomic E-state index is 11.9. The first-order chi connectivity index (χ1) is 8.54. The number of rotatable bonds is 5. The Morgan fingerprint density at radius 2 is 2.17 bits per heavy atom. The van der Waals surface area contributed by atoms with Gasteiger partial charge in [0.1, 0.15) is 0 Å². The molecule has 0 aliphatic carbocycles. The fourth-order valence-electron chi connectivity index (χ4n) is 1.95. The van der Waals surface area contributed by atoms with E-state index in [9.17, 15) is 9.59 Å². The highest BCUT2D eigenvalue weighted by Crippen LogP contribution is 2.03. The summed E-state index contributed by atoms with van der Waals surface area (Å²) in [7, 11) is 3.59. The molecule has 0 radical (unpaired) electrons. The average Bonchev–Trinajstić information content (AvgIpc) is 2.49. The molecule has 6 nitrogen and oxygen atoms in total.